The van der Waals surface area contributed by atoms with Crippen LogP contribution in [-0.4, -0.2) is 73.0 Å². The molecule has 0 bridgehead atoms. The summed E-state index contributed by atoms with van der Waals surface area (Å²) in [5, 5.41) is 6.70. The second-order valence-electron chi connectivity index (χ2n) is 7.93. The van der Waals surface area contributed by atoms with Gasteiger partial charge in [0.05, 0.1) is 6.54 Å². The van der Waals surface area contributed by atoms with Crippen LogP contribution < -0.4 is 10.6 Å². The van der Waals surface area contributed by atoms with Crippen molar-refractivity contribution in [3.8, 4) is 0 Å². The Morgan fingerprint density at radius 1 is 1.16 bits per heavy atom. The molecule has 7 heteroatoms. The zero-order chi connectivity index (χ0) is 17.6. The fraction of sp³-hybridized carbons (Fsp3) is 0.889. The van der Waals surface area contributed by atoms with Crippen LogP contribution in [0.15, 0.2) is 4.99 Å². The number of carbonyl (C=O) groups is 1. The van der Waals surface area contributed by atoms with E-state index in [1.165, 1.54) is 6.42 Å². The summed E-state index contributed by atoms with van der Waals surface area (Å²) in [6.07, 6.45) is 3.43. The van der Waals surface area contributed by atoms with Crippen LogP contribution >= 0.6 is 24.0 Å². The van der Waals surface area contributed by atoms with E-state index < -0.39 is 0 Å². The van der Waals surface area contributed by atoms with Crippen LogP contribution in [0.1, 0.15) is 47.0 Å². The van der Waals surface area contributed by atoms with Crippen LogP contribution in [-0.2, 0) is 4.79 Å². The van der Waals surface area contributed by atoms with Crippen molar-refractivity contribution in [2.45, 2.75) is 52.5 Å². The predicted octanol–water partition coefficient (Wildman–Crippen LogP) is 1.90. The molecule has 0 spiro atoms. The topological polar surface area (TPSA) is 60.0 Å². The van der Waals surface area contributed by atoms with E-state index in [-0.39, 0.29) is 29.5 Å². The Labute approximate surface area is 170 Å². The first-order chi connectivity index (χ1) is 11.4. The number of aliphatic imine (C=N–C) groups is 1. The van der Waals surface area contributed by atoms with E-state index in [1.807, 2.05) is 0 Å². The lowest BCUT2D eigenvalue weighted by Gasteiger charge is -2.38. The third-order valence-electron chi connectivity index (χ3n) is 4.66. The van der Waals surface area contributed by atoms with Crippen LogP contribution in [0.25, 0.3) is 0 Å². The smallest absolute Gasteiger partial charge is 0.225 e. The Kier molecular flexibility index (Phi) is 9.48. The molecule has 2 fully saturated rings. The molecule has 6 nitrogen and oxygen atoms in total. The first-order valence-electron chi connectivity index (χ1n) is 9.46. The van der Waals surface area contributed by atoms with Gasteiger partial charge in [0.25, 0.3) is 0 Å². The van der Waals surface area contributed by atoms with E-state index in [2.05, 4.69) is 53.1 Å². The maximum Gasteiger partial charge on any atom is 0.225 e. The molecule has 1 saturated heterocycles. The van der Waals surface area contributed by atoms with E-state index in [9.17, 15) is 4.79 Å². The number of hydrogen-bond donors (Lipinski definition) is 2. The predicted molar refractivity (Wildman–Crippen MR) is 115 cm³/mol. The third kappa shape index (κ3) is 7.68. The highest BCUT2D eigenvalue weighted by Gasteiger charge is 2.30. The van der Waals surface area contributed by atoms with Gasteiger partial charge in [0.1, 0.15) is 0 Å². The van der Waals surface area contributed by atoms with E-state index in [4.69, 9.17) is 0 Å². The molecule has 2 N–H and O–H groups in total. The van der Waals surface area contributed by atoms with Gasteiger partial charge in [0.15, 0.2) is 5.96 Å². The summed E-state index contributed by atoms with van der Waals surface area (Å²) >= 11 is 0. The molecule has 1 aliphatic carbocycles. The zero-order valence-electron chi connectivity index (χ0n) is 16.3. The van der Waals surface area contributed by atoms with Gasteiger partial charge >= 0.3 is 0 Å². The number of piperazine rings is 1. The summed E-state index contributed by atoms with van der Waals surface area (Å²) in [4.78, 5) is 21.4. The van der Waals surface area contributed by atoms with Crippen LogP contribution in [0, 0.1) is 5.92 Å². The van der Waals surface area contributed by atoms with Crippen molar-refractivity contribution in [3.63, 3.8) is 0 Å². The minimum atomic E-state index is 0. The molecule has 0 aromatic rings. The van der Waals surface area contributed by atoms with Gasteiger partial charge in [-0.1, -0.05) is 6.42 Å². The number of guanidine groups is 1. The average molecular weight is 465 g/mol. The minimum absolute atomic E-state index is 0. The molecule has 1 amide bonds. The van der Waals surface area contributed by atoms with Gasteiger partial charge in [0.2, 0.25) is 5.91 Å². The molecule has 2 rings (SSSR count). The quantitative estimate of drug-likeness (QED) is 0.370. The summed E-state index contributed by atoms with van der Waals surface area (Å²) in [7, 11) is 0. The minimum Gasteiger partial charge on any atom is -0.357 e. The second kappa shape index (κ2) is 10.5. The Morgan fingerprint density at radius 2 is 1.80 bits per heavy atom. The third-order valence-corrected chi connectivity index (χ3v) is 4.66. The summed E-state index contributed by atoms with van der Waals surface area (Å²) in [6.45, 7) is 14.8. The van der Waals surface area contributed by atoms with Gasteiger partial charge in [0, 0.05) is 50.7 Å². The van der Waals surface area contributed by atoms with Gasteiger partial charge in [-0.25, -0.2) is 0 Å². The van der Waals surface area contributed by atoms with Gasteiger partial charge in [-0.2, -0.15) is 0 Å². The highest BCUT2D eigenvalue weighted by molar-refractivity contribution is 14.0. The summed E-state index contributed by atoms with van der Waals surface area (Å²) < 4.78 is 0. The average Bonchev–Trinajstić information content (AvgIpc) is 2.44. The number of nitrogens with zero attached hydrogens (tertiary/aromatic N) is 3. The van der Waals surface area contributed by atoms with Crippen molar-refractivity contribution in [1.29, 1.82) is 0 Å². The number of hydrogen-bond acceptors (Lipinski definition) is 3. The molecule has 0 aromatic carbocycles. The van der Waals surface area contributed by atoms with Crippen LogP contribution in [0.3, 0.4) is 0 Å². The molecular weight excluding hydrogens is 429 g/mol. The Balaban J connectivity index is 0.00000312. The van der Waals surface area contributed by atoms with Crippen molar-refractivity contribution in [1.82, 2.24) is 20.4 Å². The molecule has 0 aromatic heterocycles. The standard InChI is InChI=1S/C18H35N5O.HI/c1-5-19-17(21-18(2,3)4)20-9-10-22-11-13-23(14-12-22)16(24)15-7-6-8-15;/h15H,5-14H2,1-4H3,(H2,19,20,21);1H. The Bertz CT molecular complexity index is 437. The van der Waals surface area contributed by atoms with E-state index in [0.29, 0.717) is 11.8 Å². The van der Waals surface area contributed by atoms with E-state index >= 15 is 0 Å². The monoisotopic (exact) mass is 465 g/mol. The highest BCUT2D eigenvalue weighted by atomic mass is 127. The van der Waals surface area contributed by atoms with Gasteiger partial charge < -0.3 is 15.5 Å². The van der Waals surface area contributed by atoms with Gasteiger partial charge in [-0.3, -0.25) is 14.7 Å². The molecule has 146 valence electrons. The van der Waals surface area contributed by atoms with Crippen molar-refractivity contribution < 1.29 is 4.79 Å². The molecule has 0 atom stereocenters. The largest absolute Gasteiger partial charge is 0.357 e. The molecule has 25 heavy (non-hydrogen) atoms. The molecule has 1 aliphatic heterocycles. The molecular formula is C18H36IN5O. The lowest BCUT2D eigenvalue weighted by Crippen LogP contribution is -2.51. The fourth-order valence-corrected chi connectivity index (χ4v) is 3.07. The van der Waals surface area contributed by atoms with Crippen molar-refractivity contribution >= 4 is 35.8 Å². The number of halogens is 1. The van der Waals surface area contributed by atoms with Crippen LogP contribution in [0.2, 0.25) is 0 Å². The fourth-order valence-electron chi connectivity index (χ4n) is 3.07. The lowest BCUT2D eigenvalue weighted by molar-refractivity contribution is -0.139. The number of amides is 1. The SMILES string of the molecule is CCNC(=NCCN1CCN(C(=O)C2CCC2)CC1)NC(C)(C)C.I. The second-order valence-corrected chi connectivity index (χ2v) is 7.93. The molecule has 2 aliphatic rings. The normalized spacial score (nSPS) is 19.8. The Hall–Kier alpha value is -0.570. The Morgan fingerprint density at radius 3 is 2.28 bits per heavy atom. The highest BCUT2D eigenvalue weighted by Crippen LogP contribution is 2.28. The summed E-state index contributed by atoms with van der Waals surface area (Å²) in [6, 6.07) is 0. The maximum atomic E-state index is 12.3. The molecule has 1 saturated carbocycles. The molecule has 0 radical (unpaired) electrons. The van der Waals surface area contributed by atoms with E-state index in [1.54, 1.807) is 0 Å². The summed E-state index contributed by atoms with van der Waals surface area (Å²) in [5.41, 5.74) is 0.00845. The number of carbonyl (C=O) groups excluding carboxylic acids is 1. The first-order valence-corrected chi connectivity index (χ1v) is 9.46. The van der Waals surface area contributed by atoms with Crippen molar-refractivity contribution in [2.75, 3.05) is 45.8 Å². The van der Waals surface area contributed by atoms with Gasteiger partial charge in [-0.05, 0) is 40.5 Å². The first kappa shape index (κ1) is 22.5. The lowest BCUT2D eigenvalue weighted by atomic mass is 9.84. The maximum absolute atomic E-state index is 12.3. The summed E-state index contributed by atoms with van der Waals surface area (Å²) in [5.74, 6) is 1.60. The van der Waals surface area contributed by atoms with E-state index in [0.717, 1.165) is 64.6 Å². The molecule has 1 heterocycles. The number of rotatable bonds is 5. The van der Waals surface area contributed by atoms with Crippen molar-refractivity contribution in [2.24, 2.45) is 10.9 Å². The van der Waals surface area contributed by atoms with Crippen LogP contribution in [0.5, 0.6) is 0 Å². The molecule has 0 unspecified atom stereocenters. The van der Waals surface area contributed by atoms with Gasteiger partial charge in [-0.15, -0.1) is 24.0 Å². The van der Waals surface area contributed by atoms with Crippen molar-refractivity contribution in [3.05, 3.63) is 0 Å². The number of nitrogens with one attached hydrogen (secondary N) is 2. The van der Waals surface area contributed by atoms with Crippen LogP contribution in [0.4, 0.5) is 0 Å². The zero-order valence-corrected chi connectivity index (χ0v) is 18.6.